The van der Waals surface area contributed by atoms with Crippen LogP contribution in [-0.2, 0) is 0 Å². The van der Waals surface area contributed by atoms with Gasteiger partial charge in [-0.25, -0.2) is 0 Å². The van der Waals surface area contributed by atoms with E-state index in [-0.39, 0.29) is 0 Å². The number of rotatable bonds is 7. The summed E-state index contributed by atoms with van der Waals surface area (Å²) in [5.41, 5.74) is 14.2. The first-order valence-corrected chi connectivity index (χ1v) is 24.6. The van der Waals surface area contributed by atoms with E-state index in [9.17, 15) is 0 Å². The molecule has 0 saturated carbocycles. The maximum absolute atomic E-state index is 5.42. The minimum absolute atomic E-state index is 0.840. The van der Waals surface area contributed by atoms with E-state index in [2.05, 4.69) is 224 Å². The molecule has 0 amide bonds. The second-order valence-electron chi connectivity index (χ2n) is 18.4. The molecule has 3 heterocycles. The van der Waals surface area contributed by atoms with Crippen molar-refractivity contribution in [3.8, 4) is 78.3 Å². The van der Waals surface area contributed by atoms with Crippen LogP contribution in [0.2, 0.25) is 0 Å². The second-order valence-corrected chi connectivity index (χ2v) is 18.4. The van der Waals surface area contributed by atoms with Gasteiger partial charge in [0.25, 0.3) is 0 Å². The molecule has 3 aromatic heterocycles. The highest BCUT2D eigenvalue weighted by Gasteiger charge is 2.33. The summed E-state index contributed by atoms with van der Waals surface area (Å²) in [6.45, 7) is 0. The molecule has 0 N–H and O–H groups in total. The SMILES string of the molecule is c1ccc(-c2ccccc2-c2c(-c3ccccn3)c(-c3ccccn3)c(-c3cccc4c5ccccc5c5ccccc5c34)c(-c3ccccn3)c2-c2cccc3c4ccccc4c4ccccc4c23)cc1. The molecule has 0 atom stereocenters. The number of fused-ring (bicyclic) bond motifs is 12. The number of hydrogen-bond acceptors (Lipinski definition) is 3. The van der Waals surface area contributed by atoms with Gasteiger partial charge in [-0.05, 0) is 129 Å². The summed E-state index contributed by atoms with van der Waals surface area (Å²) in [7, 11) is 0. The van der Waals surface area contributed by atoms with E-state index in [0.717, 1.165) is 78.3 Å². The molecule has 3 nitrogen and oxygen atoms in total. The normalized spacial score (nSPS) is 11.6. The maximum atomic E-state index is 5.42. The molecule has 0 aliphatic heterocycles. The van der Waals surface area contributed by atoms with Crippen molar-refractivity contribution in [2.24, 2.45) is 0 Å². The van der Waals surface area contributed by atoms with Gasteiger partial charge in [0.1, 0.15) is 0 Å². The van der Waals surface area contributed by atoms with Gasteiger partial charge in [0.05, 0.1) is 17.1 Å². The Kier molecular flexibility index (Phi) is 9.85. The summed E-state index contributed by atoms with van der Waals surface area (Å²) < 4.78 is 0. The van der Waals surface area contributed by atoms with Gasteiger partial charge in [-0.2, -0.15) is 0 Å². The fourth-order valence-electron chi connectivity index (χ4n) is 11.8. The van der Waals surface area contributed by atoms with E-state index < -0.39 is 0 Å². The van der Waals surface area contributed by atoms with Crippen molar-refractivity contribution in [2.45, 2.75) is 0 Å². The van der Waals surface area contributed by atoms with Crippen molar-refractivity contribution in [1.29, 1.82) is 0 Å². The van der Waals surface area contributed by atoms with Gasteiger partial charge in [0.15, 0.2) is 0 Å². The molecule has 3 heteroatoms. The summed E-state index contributed by atoms with van der Waals surface area (Å²) in [5.74, 6) is 0. The standard InChI is InChI=1S/C69H43N3/c1-2-22-44(23-3-1)45-24-4-11-31-52(45)64-65(57-36-20-34-55-50-27-7-5-25-46(50)48-29-9-12-32-53(48)62(55)57)67(59-38-14-17-41-70-59)66(69(61-40-16-19-43-72-61)68(64)60-39-15-18-42-71-60)58-37-21-35-56-51-28-8-6-26-47(51)49-30-10-13-33-54(49)63(56)58/h1-43H. The molecule has 0 unspecified atom stereocenters. The summed E-state index contributed by atoms with van der Waals surface area (Å²) >= 11 is 0. The first-order chi connectivity index (χ1) is 35.8. The van der Waals surface area contributed by atoms with E-state index in [1.165, 1.54) is 64.6 Å². The molecular weight excluding hydrogens is 871 g/mol. The zero-order valence-corrected chi connectivity index (χ0v) is 39.2. The van der Waals surface area contributed by atoms with Crippen molar-refractivity contribution in [3.63, 3.8) is 0 Å². The molecule has 0 aliphatic carbocycles. The highest BCUT2D eigenvalue weighted by atomic mass is 14.7. The molecule has 14 aromatic rings. The highest BCUT2D eigenvalue weighted by molar-refractivity contribution is 6.33. The summed E-state index contributed by atoms with van der Waals surface area (Å²) in [4.78, 5) is 16.1. The third kappa shape index (κ3) is 6.48. The molecule has 0 spiro atoms. The summed E-state index contributed by atoms with van der Waals surface area (Å²) in [5, 5.41) is 14.4. The van der Waals surface area contributed by atoms with E-state index in [1.807, 2.05) is 36.8 Å². The molecule has 14 rings (SSSR count). The van der Waals surface area contributed by atoms with E-state index >= 15 is 0 Å². The van der Waals surface area contributed by atoms with Crippen LogP contribution in [0.25, 0.3) is 143 Å². The monoisotopic (exact) mass is 913 g/mol. The van der Waals surface area contributed by atoms with Gasteiger partial charge >= 0.3 is 0 Å². The van der Waals surface area contributed by atoms with Crippen LogP contribution in [0, 0.1) is 0 Å². The fourth-order valence-corrected chi connectivity index (χ4v) is 11.8. The average molecular weight is 914 g/mol. The lowest BCUT2D eigenvalue weighted by Gasteiger charge is -2.29. The Hall–Kier alpha value is -9.57. The summed E-state index contributed by atoms with van der Waals surface area (Å²) in [6.07, 6.45) is 5.78. The highest BCUT2D eigenvalue weighted by Crippen LogP contribution is 2.59. The molecule has 0 aliphatic rings. The lowest BCUT2D eigenvalue weighted by Crippen LogP contribution is -2.05. The maximum Gasteiger partial charge on any atom is 0.0715 e. The Labute approximate surface area is 417 Å². The molecule has 0 bridgehead atoms. The largest absolute Gasteiger partial charge is 0.256 e. The first-order valence-electron chi connectivity index (χ1n) is 24.6. The Balaban J connectivity index is 1.33. The Morgan fingerprint density at radius 2 is 0.458 bits per heavy atom. The van der Waals surface area contributed by atoms with Crippen molar-refractivity contribution in [2.75, 3.05) is 0 Å². The zero-order valence-electron chi connectivity index (χ0n) is 39.2. The average Bonchev–Trinajstić information content (AvgIpc) is 3.47. The van der Waals surface area contributed by atoms with E-state index in [4.69, 9.17) is 15.0 Å². The molecule has 0 saturated heterocycles. The molecule has 0 radical (unpaired) electrons. The minimum Gasteiger partial charge on any atom is -0.256 e. The number of aromatic nitrogens is 3. The van der Waals surface area contributed by atoms with Gasteiger partial charge < -0.3 is 0 Å². The molecule has 0 fully saturated rings. The van der Waals surface area contributed by atoms with Crippen LogP contribution in [0.3, 0.4) is 0 Å². The van der Waals surface area contributed by atoms with Gasteiger partial charge in [0.2, 0.25) is 0 Å². The number of pyridine rings is 3. The lowest BCUT2D eigenvalue weighted by molar-refractivity contribution is 1.29. The van der Waals surface area contributed by atoms with Crippen LogP contribution < -0.4 is 0 Å². The topological polar surface area (TPSA) is 38.7 Å². The van der Waals surface area contributed by atoms with Gasteiger partial charge in [0, 0.05) is 52.0 Å². The van der Waals surface area contributed by atoms with Gasteiger partial charge in [-0.15, -0.1) is 0 Å². The first kappa shape index (κ1) is 41.4. The van der Waals surface area contributed by atoms with E-state index in [0.29, 0.717) is 0 Å². The third-order valence-corrected chi connectivity index (χ3v) is 14.6. The predicted octanol–water partition coefficient (Wildman–Crippen LogP) is 18.5. The van der Waals surface area contributed by atoms with Gasteiger partial charge in [-0.3, -0.25) is 15.0 Å². The lowest BCUT2D eigenvalue weighted by atomic mass is 9.73. The third-order valence-electron chi connectivity index (χ3n) is 14.6. The van der Waals surface area contributed by atoms with Crippen molar-refractivity contribution >= 4 is 64.6 Å². The van der Waals surface area contributed by atoms with Crippen LogP contribution in [0.5, 0.6) is 0 Å². The van der Waals surface area contributed by atoms with Crippen molar-refractivity contribution in [1.82, 2.24) is 15.0 Å². The molecule has 334 valence electrons. The van der Waals surface area contributed by atoms with Crippen LogP contribution in [-0.4, -0.2) is 15.0 Å². The number of hydrogen-bond donors (Lipinski definition) is 0. The van der Waals surface area contributed by atoms with Crippen LogP contribution in [0.4, 0.5) is 0 Å². The van der Waals surface area contributed by atoms with Crippen LogP contribution in [0.15, 0.2) is 261 Å². The fraction of sp³-hybridized carbons (Fsp3) is 0. The number of benzene rings is 11. The van der Waals surface area contributed by atoms with Gasteiger partial charge in [-0.1, -0.05) is 206 Å². The van der Waals surface area contributed by atoms with E-state index in [1.54, 1.807) is 0 Å². The Morgan fingerprint density at radius 1 is 0.181 bits per heavy atom. The molecule has 72 heavy (non-hydrogen) atoms. The second kappa shape index (κ2) is 17.1. The van der Waals surface area contributed by atoms with Crippen molar-refractivity contribution < 1.29 is 0 Å². The van der Waals surface area contributed by atoms with Crippen LogP contribution >= 0.6 is 0 Å². The quantitative estimate of drug-likeness (QED) is 0.150. The smallest absolute Gasteiger partial charge is 0.0715 e. The predicted molar refractivity (Wildman–Crippen MR) is 303 cm³/mol. The Bertz CT molecular complexity index is 4330. The number of nitrogens with zero attached hydrogens (tertiary/aromatic N) is 3. The molecular formula is C69H43N3. The van der Waals surface area contributed by atoms with Crippen molar-refractivity contribution in [3.05, 3.63) is 261 Å². The van der Waals surface area contributed by atoms with Crippen LogP contribution in [0.1, 0.15) is 0 Å². The molecule has 11 aromatic carbocycles. The zero-order chi connectivity index (χ0) is 47.5. The summed E-state index contributed by atoms with van der Waals surface area (Å²) in [6, 6.07) is 87.8. The minimum atomic E-state index is 0.840. The Morgan fingerprint density at radius 3 is 0.861 bits per heavy atom.